The van der Waals surface area contributed by atoms with Gasteiger partial charge in [0.25, 0.3) is 0 Å². The molecule has 0 radical (unpaired) electrons. The van der Waals surface area contributed by atoms with Gasteiger partial charge >= 0.3 is 0 Å². The molecule has 0 aromatic carbocycles. The highest BCUT2D eigenvalue weighted by Gasteiger charge is 2.11. The van der Waals surface area contributed by atoms with E-state index in [9.17, 15) is 0 Å². The van der Waals surface area contributed by atoms with Crippen molar-refractivity contribution < 1.29 is 4.42 Å². The van der Waals surface area contributed by atoms with Gasteiger partial charge in [-0.05, 0) is 25.7 Å². The molecule has 0 saturated heterocycles. The fourth-order valence-electron chi connectivity index (χ4n) is 1.18. The van der Waals surface area contributed by atoms with Gasteiger partial charge in [0.15, 0.2) is 0 Å². The molecule has 2 N–H and O–H groups in total. The van der Waals surface area contributed by atoms with Crippen molar-refractivity contribution in [3.63, 3.8) is 0 Å². The zero-order valence-electron chi connectivity index (χ0n) is 8.58. The number of aromatic nitrogens is 1. The van der Waals surface area contributed by atoms with Gasteiger partial charge in [-0.25, -0.2) is 4.98 Å². The maximum atomic E-state index is 5.90. The summed E-state index contributed by atoms with van der Waals surface area (Å²) in [7, 11) is 0. The van der Waals surface area contributed by atoms with Crippen LogP contribution in [0.3, 0.4) is 0 Å². The average molecular weight is 182 g/mol. The average Bonchev–Trinajstić information content (AvgIpc) is 2.47. The van der Waals surface area contributed by atoms with Crippen LogP contribution in [-0.2, 0) is 0 Å². The molecule has 1 aromatic heterocycles. The third-order valence-electron chi connectivity index (χ3n) is 2.01. The molecule has 0 aliphatic rings. The lowest BCUT2D eigenvalue weighted by Crippen LogP contribution is -2.11. The van der Waals surface area contributed by atoms with Crippen LogP contribution >= 0.6 is 0 Å². The number of oxazole rings is 1. The van der Waals surface area contributed by atoms with Crippen molar-refractivity contribution >= 4 is 0 Å². The van der Waals surface area contributed by atoms with E-state index < -0.39 is 0 Å². The summed E-state index contributed by atoms with van der Waals surface area (Å²) in [6, 6.07) is -0.0453. The fraction of sp³-hybridized carbons (Fsp3) is 0.700. The molecule has 13 heavy (non-hydrogen) atoms. The van der Waals surface area contributed by atoms with Crippen molar-refractivity contribution in [2.45, 2.75) is 39.7 Å². The maximum absolute atomic E-state index is 5.90. The first kappa shape index (κ1) is 10.3. The first-order chi connectivity index (χ1) is 6.09. The van der Waals surface area contributed by atoms with Gasteiger partial charge in [0.05, 0.1) is 11.7 Å². The second-order valence-corrected chi connectivity index (χ2v) is 3.90. The van der Waals surface area contributed by atoms with Gasteiger partial charge in [0.1, 0.15) is 6.26 Å². The van der Waals surface area contributed by atoms with Crippen LogP contribution in [0.25, 0.3) is 0 Å². The number of nitrogens with two attached hydrogens (primary N) is 1. The Kier molecular flexibility index (Phi) is 3.48. The molecule has 1 atom stereocenters. The van der Waals surface area contributed by atoms with E-state index in [1.165, 1.54) is 0 Å². The number of hydrogen-bond donors (Lipinski definition) is 1. The van der Waals surface area contributed by atoms with E-state index in [4.69, 9.17) is 10.2 Å². The zero-order valence-corrected chi connectivity index (χ0v) is 8.58. The molecule has 1 unspecified atom stereocenters. The molecule has 0 bridgehead atoms. The Labute approximate surface area is 79.3 Å². The molecule has 1 aromatic rings. The topological polar surface area (TPSA) is 52.0 Å². The van der Waals surface area contributed by atoms with E-state index in [2.05, 4.69) is 18.8 Å². The van der Waals surface area contributed by atoms with Crippen molar-refractivity contribution in [1.29, 1.82) is 0 Å². The van der Waals surface area contributed by atoms with E-state index >= 15 is 0 Å². The van der Waals surface area contributed by atoms with Crippen LogP contribution in [0.5, 0.6) is 0 Å². The summed E-state index contributed by atoms with van der Waals surface area (Å²) < 4.78 is 5.22. The van der Waals surface area contributed by atoms with E-state index in [-0.39, 0.29) is 6.04 Å². The van der Waals surface area contributed by atoms with Crippen molar-refractivity contribution in [2.75, 3.05) is 0 Å². The van der Waals surface area contributed by atoms with Crippen LogP contribution in [-0.4, -0.2) is 4.98 Å². The predicted molar refractivity (Wildman–Crippen MR) is 52.2 cm³/mol. The van der Waals surface area contributed by atoms with Crippen LogP contribution in [0.15, 0.2) is 10.7 Å². The second kappa shape index (κ2) is 4.42. The monoisotopic (exact) mass is 182 g/mol. The third-order valence-corrected chi connectivity index (χ3v) is 2.01. The molecular formula is C10H18N2O. The molecule has 0 saturated carbocycles. The van der Waals surface area contributed by atoms with Gasteiger partial charge in [0, 0.05) is 0 Å². The van der Waals surface area contributed by atoms with Gasteiger partial charge in [-0.2, -0.15) is 0 Å². The van der Waals surface area contributed by atoms with Crippen molar-refractivity contribution in [1.82, 2.24) is 4.98 Å². The van der Waals surface area contributed by atoms with Crippen molar-refractivity contribution in [2.24, 2.45) is 11.7 Å². The summed E-state index contributed by atoms with van der Waals surface area (Å²) in [6.07, 6.45) is 3.70. The molecule has 3 heteroatoms. The Bertz CT molecular complexity index is 255. The number of hydrogen-bond acceptors (Lipinski definition) is 3. The third kappa shape index (κ3) is 3.19. The quantitative estimate of drug-likeness (QED) is 0.778. The molecular weight excluding hydrogens is 164 g/mol. The largest absolute Gasteiger partial charge is 0.447 e. The second-order valence-electron chi connectivity index (χ2n) is 3.90. The minimum absolute atomic E-state index is 0.0453. The van der Waals surface area contributed by atoms with Crippen LogP contribution in [0.1, 0.15) is 44.3 Å². The highest BCUT2D eigenvalue weighted by atomic mass is 16.3. The lowest BCUT2D eigenvalue weighted by molar-refractivity contribution is 0.411. The van der Waals surface area contributed by atoms with E-state index in [0.717, 1.165) is 18.5 Å². The number of aryl methyl sites for hydroxylation is 1. The van der Waals surface area contributed by atoms with Crippen LogP contribution in [0.2, 0.25) is 0 Å². The van der Waals surface area contributed by atoms with Crippen molar-refractivity contribution in [3.8, 4) is 0 Å². The molecule has 0 aliphatic heterocycles. The number of nitrogens with zero attached hydrogens (tertiary/aromatic N) is 1. The molecule has 1 heterocycles. The highest BCUT2D eigenvalue weighted by molar-refractivity contribution is 4.96. The smallest absolute Gasteiger partial charge is 0.211 e. The molecule has 0 fully saturated rings. The summed E-state index contributed by atoms with van der Waals surface area (Å²) in [5, 5.41) is 0. The SMILES string of the molecule is Cc1coc(C(N)CCC(C)C)n1. The normalized spacial score (nSPS) is 13.6. The summed E-state index contributed by atoms with van der Waals surface area (Å²) in [5.74, 6) is 1.35. The molecule has 0 spiro atoms. The molecule has 0 amide bonds. The van der Waals surface area contributed by atoms with Gasteiger partial charge in [-0.15, -0.1) is 0 Å². The Morgan fingerprint density at radius 2 is 2.15 bits per heavy atom. The first-order valence-corrected chi connectivity index (χ1v) is 4.77. The lowest BCUT2D eigenvalue weighted by Gasteiger charge is -2.08. The molecule has 74 valence electrons. The van der Waals surface area contributed by atoms with Gasteiger partial charge in [-0.3, -0.25) is 0 Å². The minimum atomic E-state index is -0.0453. The Balaban J connectivity index is 2.44. The minimum Gasteiger partial charge on any atom is -0.447 e. The molecule has 3 nitrogen and oxygen atoms in total. The summed E-state index contributed by atoms with van der Waals surface area (Å²) in [4.78, 5) is 4.20. The molecule has 0 aliphatic carbocycles. The van der Waals surface area contributed by atoms with Crippen LogP contribution < -0.4 is 5.73 Å². The summed E-state index contributed by atoms with van der Waals surface area (Å²) in [5.41, 5.74) is 6.80. The first-order valence-electron chi connectivity index (χ1n) is 4.77. The zero-order chi connectivity index (χ0) is 9.84. The lowest BCUT2D eigenvalue weighted by atomic mass is 10.0. The number of rotatable bonds is 4. The van der Waals surface area contributed by atoms with Crippen LogP contribution in [0, 0.1) is 12.8 Å². The van der Waals surface area contributed by atoms with E-state index in [0.29, 0.717) is 11.8 Å². The van der Waals surface area contributed by atoms with Gasteiger partial charge < -0.3 is 10.2 Å². The predicted octanol–water partition coefficient (Wildman–Crippen LogP) is 2.42. The van der Waals surface area contributed by atoms with Gasteiger partial charge in [0.2, 0.25) is 5.89 Å². The van der Waals surface area contributed by atoms with Crippen molar-refractivity contribution in [3.05, 3.63) is 17.8 Å². The van der Waals surface area contributed by atoms with Gasteiger partial charge in [-0.1, -0.05) is 13.8 Å². The van der Waals surface area contributed by atoms with E-state index in [1.807, 2.05) is 6.92 Å². The summed E-state index contributed by atoms with van der Waals surface area (Å²) >= 11 is 0. The Morgan fingerprint density at radius 1 is 1.46 bits per heavy atom. The Hall–Kier alpha value is -0.830. The standard InChI is InChI=1S/C10H18N2O/c1-7(2)4-5-9(11)10-12-8(3)6-13-10/h6-7,9H,4-5,11H2,1-3H3. The fourth-order valence-corrected chi connectivity index (χ4v) is 1.18. The van der Waals surface area contributed by atoms with E-state index in [1.54, 1.807) is 6.26 Å². The highest BCUT2D eigenvalue weighted by Crippen LogP contribution is 2.17. The summed E-state index contributed by atoms with van der Waals surface area (Å²) in [6.45, 7) is 6.28. The Morgan fingerprint density at radius 3 is 2.62 bits per heavy atom. The molecule has 1 rings (SSSR count). The van der Waals surface area contributed by atoms with Crippen LogP contribution in [0.4, 0.5) is 0 Å². The maximum Gasteiger partial charge on any atom is 0.211 e.